The molecule has 1 aromatic carbocycles. The van der Waals surface area contributed by atoms with Gasteiger partial charge in [0.1, 0.15) is 5.82 Å². The summed E-state index contributed by atoms with van der Waals surface area (Å²) in [4.78, 5) is 2.17. The van der Waals surface area contributed by atoms with Crippen molar-refractivity contribution in [2.45, 2.75) is 33.7 Å². The Bertz CT molecular complexity index is 438. The lowest BCUT2D eigenvalue weighted by molar-refractivity contribution is 0.612. The van der Waals surface area contributed by atoms with Gasteiger partial charge in [0.2, 0.25) is 0 Å². The lowest BCUT2D eigenvalue weighted by Gasteiger charge is -2.27. The third-order valence-corrected chi connectivity index (χ3v) is 2.98. The molecule has 0 saturated carbocycles. The van der Waals surface area contributed by atoms with Gasteiger partial charge in [-0.05, 0) is 51.0 Å². The number of halogens is 1. The van der Waals surface area contributed by atoms with Crippen LogP contribution in [0.5, 0.6) is 0 Å². The molecule has 2 N–H and O–H groups in total. The molecule has 1 atom stereocenters. The van der Waals surface area contributed by atoms with E-state index in [0.29, 0.717) is 5.56 Å². The van der Waals surface area contributed by atoms with Crippen LogP contribution in [0.25, 0.3) is 0 Å². The molecule has 0 heterocycles. The second-order valence-corrected chi connectivity index (χ2v) is 4.92. The van der Waals surface area contributed by atoms with Crippen molar-refractivity contribution in [2.75, 3.05) is 18.0 Å². The molecule has 100 valence electrons. The summed E-state index contributed by atoms with van der Waals surface area (Å²) in [6.07, 6.45) is 0. The second kappa shape index (κ2) is 6.01. The van der Waals surface area contributed by atoms with Crippen molar-refractivity contribution in [3.05, 3.63) is 41.2 Å². The number of nitrogens with two attached hydrogens (primary N) is 1. The maximum absolute atomic E-state index is 13.7. The first-order valence-corrected chi connectivity index (χ1v) is 6.31. The van der Waals surface area contributed by atoms with E-state index in [1.165, 1.54) is 0 Å². The molecular weight excluding hydrogens is 227 g/mol. The minimum atomic E-state index is -0.197. The number of likely N-dealkylation sites (N-methyl/N-ethyl adjacent to an activating group) is 1. The first-order valence-electron chi connectivity index (χ1n) is 6.31. The summed E-state index contributed by atoms with van der Waals surface area (Å²) in [6.45, 7) is 13.3. The molecule has 0 saturated heterocycles. The quantitative estimate of drug-likeness (QED) is 0.810. The van der Waals surface area contributed by atoms with Gasteiger partial charge in [-0.15, -0.1) is 0 Å². The van der Waals surface area contributed by atoms with Crippen LogP contribution in [0, 0.1) is 12.7 Å². The smallest absolute Gasteiger partial charge is 0.126 e. The Morgan fingerprint density at radius 3 is 2.56 bits per heavy atom. The van der Waals surface area contributed by atoms with E-state index in [4.69, 9.17) is 5.73 Å². The van der Waals surface area contributed by atoms with Gasteiger partial charge in [0.15, 0.2) is 0 Å². The molecule has 0 bridgehead atoms. The van der Waals surface area contributed by atoms with E-state index in [2.05, 4.69) is 18.4 Å². The third kappa shape index (κ3) is 3.33. The van der Waals surface area contributed by atoms with E-state index in [1.54, 1.807) is 13.0 Å². The molecule has 0 aliphatic heterocycles. The summed E-state index contributed by atoms with van der Waals surface area (Å²) >= 11 is 0. The van der Waals surface area contributed by atoms with E-state index in [-0.39, 0.29) is 11.9 Å². The van der Waals surface area contributed by atoms with Crippen molar-refractivity contribution in [2.24, 2.45) is 5.73 Å². The zero-order chi connectivity index (χ0) is 13.9. The van der Waals surface area contributed by atoms with Crippen LogP contribution < -0.4 is 10.6 Å². The van der Waals surface area contributed by atoms with Gasteiger partial charge in [0.05, 0.1) is 0 Å². The molecule has 18 heavy (non-hydrogen) atoms. The van der Waals surface area contributed by atoms with Crippen LogP contribution in [0.3, 0.4) is 0 Å². The minimum absolute atomic E-state index is 0.186. The molecule has 0 aliphatic rings. The molecule has 0 radical (unpaired) electrons. The Morgan fingerprint density at radius 2 is 2.11 bits per heavy atom. The highest BCUT2D eigenvalue weighted by Crippen LogP contribution is 2.28. The van der Waals surface area contributed by atoms with E-state index in [9.17, 15) is 4.39 Å². The highest BCUT2D eigenvalue weighted by atomic mass is 19.1. The lowest BCUT2D eigenvalue weighted by atomic mass is 10.0. The molecule has 0 unspecified atom stereocenters. The molecule has 0 fully saturated rings. The van der Waals surface area contributed by atoms with Gasteiger partial charge >= 0.3 is 0 Å². The fraction of sp³-hybridized carbons (Fsp3) is 0.467. The van der Waals surface area contributed by atoms with Crippen LogP contribution in [0.15, 0.2) is 24.3 Å². The average molecular weight is 250 g/mol. The Morgan fingerprint density at radius 1 is 1.50 bits per heavy atom. The van der Waals surface area contributed by atoms with Crippen LogP contribution in [0.4, 0.5) is 10.1 Å². The van der Waals surface area contributed by atoms with Gasteiger partial charge in [-0.1, -0.05) is 12.2 Å². The summed E-state index contributed by atoms with van der Waals surface area (Å²) in [5, 5.41) is 0. The molecule has 0 amide bonds. The van der Waals surface area contributed by atoms with Gasteiger partial charge < -0.3 is 10.6 Å². The number of nitrogens with zero attached hydrogens (tertiary/aromatic N) is 1. The van der Waals surface area contributed by atoms with Gasteiger partial charge in [-0.3, -0.25) is 0 Å². The standard InChI is InChI=1S/C15H23FN2/c1-6-18(9-10(2)3)15-7-11(4)14(16)8-13(15)12(5)17/h7-8,12H,2,6,9,17H2,1,3-5H3/t12-/m0/s1. The van der Waals surface area contributed by atoms with Crippen LogP contribution in [-0.2, 0) is 0 Å². The van der Waals surface area contributed by atoms with Crippen molar-refractivity contribution in [1.29, 1.82) is 0 Å². The van der Waals surface area contributed by atoms with Crippen molar-refractivity contribution < 1.29 is 4.39 Å². The highest BCUT2D eigenvalue weighted by molar-refractivity contribution is 5.57. The Hall–Kier alpha value is -1.35. The topological polar surface area (TPSA) is 29.3 Å². The molecule has 0 aromatic heterocycles. The highest BCUT2D eigenvalue weighted by Gasteiger charge is 2.15. The van der Waals surface area contributed by atoms with Crippen molar-refractivity contribution in [1.82, 2.24) is 0 Å². The second-order valence-electron chi connectivity index (χ2n) is 4.92. The summed E-state index contributed by atoms with van der Waals surface area (Å²) in [5.41, 5.74) is 9.52. The molecule has 2 nitrogen and oxygen atoms in total. The van der Waals surface area contributed by atoms with E-state index >= 15 is 0 Å². The monoisotopic (exact) mass is 250 g/mol. The van der Waals surface area contributed by atoms with Crippen molar-refractivity contribution in [3.63, 3.8) is 0 Å². The van der Waals surface area contributed by atoms with Gasteiger partial charge in [-0.25, -0.2) is 4.39 Å². The molecule has 3 heteroatoms. The SMILES string of the molecule is C=C(C)CN(CC)c1cc(C)c(F)cc1[C@H](C)N. The van der Waals surface area contributed by atoms with E-state index in [1.807, 2.05) is 19.9 Å². The average Bonchev–Trinajstić information content (AvgIpc) is 2.28. The van der Waals surface area contributed by atoms with Crippen LogP contribution in [-0.4, -0.2) is 13.1 Å². The zero-order valence-corrected chi connectivity index (χ0v) is 11.8. The first kappa shape index (κ1) is 14.7. The maximum atomic E-state index is 13.7. The maximum Gasteiger partial charge on any atom is 0.126 e. The van der Waals surface area contributed by atoms with Gasteiger partial charge in [0.25, 0.3) is 0 Å². The van der Waals surface area contributed by atoms with E-state index < -0.39 is 0 Å². The van der Waals surface area contributed by atoms with Gasteiger partial charge in [-0.2, -0.15) is 0 Å². The lowest BCUT2D eigenvalue weighted by Crippen LogP contribution is -2.27. The van der Waals surface area contributed by atoms with Gasteiger partial charge in [0, 0.05) is 24.8 Å². The number of rotatable bonds is 5. The van der Waals surface area contributed by atoms with Crippen LogP contribution in [0.1, 0.15) is 37.9 Å². The zero-order valence-electron chi connectivity index (χ0n) is 11.8. The fourth-order valence-electron chi connectivity index (χ4n) is 2.01. The Labute approximate surface area is 109 Å². The third-order valence-electron chi connectivity index (χ3n) is 2.98. The normalized spacial score (nSPS) is 12.3. The number of hydrogen-bond acceptors (Lipinski definition) is 2. The minimum Gasteiger partial charge on any atom is -0.368 e. The predicted octanol–water partition coefficient (Wildman–Crippen LogP) is 3.56. The van der Waals surface area contributed by atoms with Crippen LogP contribution >= 0.6 is 0 Å². The molecule has 0 aliphatic carbocycles. The summed E-state index contributed by atoms with van der Waals surface area (Å²) in [7, 11) is 0. The fourth-order valence-corrected chi connectivity index (χ4v) is 2.01. The van der Waals surface area contributed by atoms with Crippen molar-refractivity contribution in [3.8, 4) is 0 Å². The molecular formula is C15H23FN2. The predicted molar refractivity (Wildman–Crippen MR) is 76.4 cm³/mol. The molecule has 1 aromatic rings. The van der Waals surface area contributed by atoms with Crippen LogP contribution in [0.2, 0.25) is 0 Å². The number of anilines is 1. The molecule has 1 rings (SSSR count). The Balaban J connectivity index is 3.26. The molecule has 0 spiro atoms. The van der Waals surface area contributed by atoms with Crippen molar-refractivity contribution >= 4 is 5.69 Å². The summed E-state index contributed by atoms with van der Waals surface area (Å²) in [6, 6.07) is 3.24. The van der Waals surface area contributed by atoms with E-state index in [0.717, 1.165) is 29.9 Å². The Kier molecular flexibility index (Phi) is 4.91. The number of benzene rings is 1. The number of aryl methyl sites for hydroxylation is 1. The first-order chi connectivity index (χ1) is 8.36. The number of hydrogen-bond donors (Lipinski definition) is 1. The summed E-state index contributed by atoms with van der Waals surface area (Å²) in [5.74, 6) is -0.197. The largest absolute Gasteiger partial charge is 0.368 e. The summed E-state index contributed by atoms with van der Waals surface area (Å²) < 4.78 is 13.7.